The lowest BCUT2D eigenvalue weighted by molar-refractivity contribution is -0.0494. The molecule has 0 spiro atoms. The molecule has 0 saturated carbocycles. The van der Waals surface area contributed by atoms with E-state index in [0.29, 0.717) is 0 Å². The van der Waals surface area contributed by atoms with E-state index in [1.54, 1.807) is 0 Å². The van der Waals surface area contributed by atoms with Crippen LogP contribution in [-0.2, 0) is 21.4 Å². The van der Waals surface area contributed by atoms with Gasteiger partial charge in [-0.05, 0) is 73.9 Å². The van der Waals surface area contributed by atoms with Crippen molar-refractivity contribution >= 4 is 27.6 Å². The quantitative estimate of drug-likeness (QED) is 0.367. The van der Waals surface area contributed by atoms with Crippen LogP contribution in [0.25, 0.3) is 27.6 Å². The molecule has 2 unspecified atom stereocenters. The maximum atomic E-state index is 6.39. The van der Waals surface area contributed by atoms with Crippen molar-refractivity contribution in [3.63, 3.8) is 0 Å². The van der Waals surface area contributed by atoms with Gasteiger partial charge in [-0.25, -0.2) is 9.97 Å². The van der Waals surface area contributed by atoms with Gasteiger partial charge in [-0.2, -0.15) is 0 Å². The van der Waals surface area contributed by atoms with Crippen LogP contribution in [0.2, 0.25) is 0 Å². The van der Waals surface area contributed by atoms with Gasteiger partial charge in [0.2, 0.25) is 0 Å². The summed E-state index contributed by atoms with van der Waals surface area (Å²) >= 11 is 0. The van der Waals surface area contributed by atoms with Crippen LogP contribution in [-0.4, -0.2) is 14.4 Å². The van der Waals surface area contributed by atoms with Gasteiger partial charge in [0, 0.05) is 10.8 Å². The molecule has 2 aromatic carbocycles. The van der Waals surface area contributed by atoms with Gasteiger partial charge in [0.1, 0.15) is 22.7 Å². The van der Waals surface area contributed by atoms with E-state index >= 15 is 0 Å². The molecule has 146 valence electrons. The molecule has 2 aliphatic heterocycles. The standard InChI is InChI=1S/C25H25N3O/c1-14-7-8-15-18(11-14)27-22(23(2,3)4)28-20-13-17-16(12-19(20)26-21(15)28)24(5)9-10-25(17,6)29-24/h7-13H,1-6H3. The second-order valence-corrected chi connectivity index (χ2v) is 10.0. The van der Waals surface area contributed by atoms with Crippen LogP contribution in [0.5, 0.6) is 0 Å². The fourth-order valence-corrected chi connectivity index (χ4v) is 5.05. The Morgan fingerprint density at radius 1 is 0.897 bits per heavy atom. The molecule has 0 radical (unpaired) electrons. The summed E-state index contributed by atoms with van der Waals surface area (Å²) in [7, 11) is 0. The van der Waals surface area contributed by atoms with E-state index in [-0.39, 0.29) is 16.6 Å². The molecule has 0 aliphatic carbocycles. The lowest BCUT2D eigenvalue weighted by Gasteiger charge is -2.22. The minimum atomic E-state index is -0.369. The third-order valence-electron chi connectivity index (χ3n) is 6.51. The van der Waals surface area contributed by atoms with E-state index in [1.807, 2.05) is 0 Å². The Hall–Kier alpha value is -2.72. The zero-order valence-corrected chi connectivity index (χ0v) is 17.8. The van der Waals surface area contributed by atoms with Crippen LogP contribution >= 0.6 is 0 Å². The predicted molar refractivity (Wildman–Crippen MR) is 116 cm³/mol. The average molecular weight is 383 g/mol. The number of hydrogen-bond donors (Lipinski definition) is 0. The topological polar surface area (TPSA) is 39.4 Å². The number of aryl methyl sites for hydroxylation is 1. The zero-order valence-electron chi connectivity index (χ0n) is 17.8. The van der Waals surface area contributed by atoms with Crippen molar-refractivity contribution in [2.75, 3.05) is 0 Å². The molecule has 0 N–H and O–H groups in total. The number of ether oxygens (including phenoxy) is 1. The predicted octanol–water partition coefficient (Wildman–Crippen LogP) is 5.67. The molecular formula is C25H25N3O. The van der Waals surface area contributed by atoms with Crippen LogP contribution in [0.4, 0.5) is 0 Å². The minimum absolute atomic E-state index is 0.117. The molecule has 4 heterocycles. The molecule has 4 nitrogen and oxygen atoms in total. The number of fused-ring (bicyclic) bond motifs is 10. The first-order chi connectivity index (χ1) is 13.6. The summed E-state index contributed by atoms with van der Waals surface area (Å²) in [6.07, 6.45) is 4.36. The van der Waals surface area contributed by atoms with Crippen molar-refractivity contribution < 1.29 is 4.74 Å². The SMILES string of the molecule is Cc1ccc2c(c1)nc(C(C)(C)C)n1c3cc4c(cc3nc21)C1(C)C=CC4(C)O1. The van der Waals surface area contributed by atoms with Gasteiger partial charge in [-0.3, -0.25) is 4.40 Å². The van der Waals surface area contributed by atoms with Gasteiger partial charge in [0.25, 0.3) is 0 Å². The summed E-state index contributed by atoms with van der Waals surface area (Å²) in [5.41, 5.74) is 6.92. The monoisotopic (exact) mass is 383 g/mol. The van der Waals surface area contributed by atoms with Crippen molar-refractivity contribution in [1.29, 1.82) is 0 Å². The highest BCUT2D eigenvalue weighted by molar-refractivity contribution is 5.97. The van der Waals surface area contributed by atoms with E-state index in [9.17, 15) is 0 Å². The lowest BCUT2D eigenvalue weighted by atomic mass is 9.83. The highest BCUT2D eigenvalue weighted by Crippen LogP contribution is 2.54. The van der Waals surface area contributed by atoms with E-state index in [1.165, 1.54) is 16.7 Å². The highest BCUT2D eigenvalue weighted by atomic mass is 16.5. The zero-order chi connectivity index (χ0) is 20.3. The summed E-state index contributed by atoms with van der Waals surface area (Å²) in [4.78, 5) is 10.2. The maximum Gasteiger partial charge on any atom is 0.148 e. The molecular weight excluding hydrogens is 358 g/mol. The molecule has 0 saturated heterocycles. The van der Waals surface area contributed by atoms with Gasteiger partial charge in [0.05, 0.1) is 16.6 Å². The summed E-state index contributed by atoms with van der Waals surface area (Å²) in [6, 6.07) is 10.9. The number of benzene rings is 2. The molecule has 0 fully saturated rings. The summed E-state index contributed by atoms with van der Waals surface area (Å²) in [6.45, 7) is 13.0. The molecule has 29 heavy (non-hydrogen) atoms. The smallest absolute Gasteiger partial charge is 0.148 e. The first-order valence-corrected chi connectivity index (χ1v) is 10.3. The van der Waals surface area contributed by atoms with Gasteiger partial charge in [-0.1, -0.05) is 26.8 Å². The van der Waals surface area contributed by atoms with Crippen molar-refractivity contribution in [3.05, 3.63) is 65.0 Å². The number of nitrogens with zero attached hydrogens (tertiary/aromatic N) is 3. The van der Waals surface area contributed by atoms with Gasteiger partial charge in [0.15, 0.2) is 0 Å². The Morgan fingerprint density at radius 2 is 1.59 bits per heavy atom. The first kappa shape index (κ1) is 17.2. The van der Waals surface area contributed by atoms with Crippen molar-refractivity contribution in [2.45, 2.75) is 58.2 Å². The largest absolute Gasteiger partial charge is 0.351 e. The van der Waals surface area contributed by atoms with E-state index in [4.69, 9.17) is 14.7 Å². The molecule has 2 bridgehead atoms. The Labute approximate surface area is 170 Å². The molecule has 4 heteroatoms. The number of aromatic nitrogens is 3. The highest BCUT2D eigenvalue weighted by Gasteiger charge is 2.51. The fraction of sp³-hybridized carbons (Fsp3) is 0.360. The molecule has 4 aromatic rings. The lowest BCUT2D eigenvalue weighted by Crippen LogP contribution is -2.19. The van der Waals surface area contributed by atoms with Gasteiger partial charge >= 0.3 is 0 Å². The van der Waals surface area contributed by atoms with Crippen molar-refractivity contribution in [2.24, 2.45) is 0 Å². The van der Waals surface area contributed by atoms with Gasteiger partial charge in [-0.15, -0.1) is 0 Å². The van der Waals surface area contributed by atoms with Crippen LogP contribution in [0.15, 0.2) is 42.5 Å². The summed E-state index contributed by atoms with van der Waals surface area (Å²) < 4.78 is 8.65. The number of imidazole rings is 1. The first-order valence-electron chi connectivity index (χ1n) is 10.3. The molecule has 2 aromatic heterocycles. The van der Waals surface area contributed by atoms with Gasteiger partial charge < -0.3 is 4.74 Å². The maximum absolute atomic E-state index is 6.39. The Bertz CT molecular complexity index is 1410. The summed E-state index contributed by atoms with van der Waals surface area (Å²) in [5, 5.41) is 1.09. The Balaban J connectivity index is 1.81. The number of hydrogen-bond acceptors (Lipinski definition) is 3. The third-order valence-corrected chi connectivity index (χ3v) is 6.51. The van der Waals surface area contributed by atoms with Crippen LogP contribution < -0.4 is 0 Å². The van der Waals surface area contributed by atoms with E-state index in [0.717, 1.165) is 33.4 Å². The molecule has 2 aliphatic rings. The van der Waals surface area contributed by atoms with Crippen molar-refractivity contribution in [1.82, 2.24) is 14.4 Å². The molecule has 2 atom stereocenters. The summed E-state index contributed by atoms with van der Waals surface area (Å²) in [5.74, 6) is 1.03. The number of rotatable bonds is 0. The minimum Gasteiger partial charge on any atom is -0.351 e. The van der Waals surface area contributed by atoms with Crippen LogP contribution in [0, 0.1) is 6.92 Å². The third kappa shape index (κ3) is 2.07. The van der Waals surface area contributed by atoms with E-state index in [2.05, 4.69) is 88.4 Å². The fourth-order valence-electron chi connectivity index (χ4n) is 5.05. The second kappa shape index (κ2) is 4.88. The van der Waals surface area contributed by atoms with Crippen molar-refractivity contribution in [3.8, 4) is 0 Å². The molecule has 6 rings (SSSR count). The normalized spacial score (nSPS) is 25.6. The van der Waals surface area contributed by atoms with E-state index < -0.39 is 0 Å². The van der Waals surface area contributed by atoms with Crippen LogP contribution in [0.3, 0.4) is 0 Å². The van der Waals surface area contributed by atoms with Crippen LogP contribution in [0.1, 0.15) is 57.1 Å². The second-order valence-electron chi connectivity index (χ2n) is 10.0. The molecule has 0 amide bonds. The Kier molecular flexibility index (Phi) is 2.89. The Morgan fingerprint density at radius 3 is 2.28 bits per heavy atom. The average Bonchev–Trinajstić information content (AvgIpc) is 3.23.